The molecule has 7 heteroatoms. The van der Waals surface area contributed by atoms with E-state index in [9.17, 15) is 9.59 Å². The number of hydrogen-bond donors (Lipinski definition) is 1. The van der Waals surface area contributed by atoms with Gasteiger partial charge in [-0.1, -0.05) is 12.1 Å². The number of ether oxygens (including phenoxy) is 2. The van der Waals surface area contributed by atoms with Crippen molar-refractivity contribution in [1.29, 1.82) is 0 Å². The average molecular weight is 384 g/mol. The highest BCUT2D eigenvalue weighted by Crippen LogP contribution is 2.36. The molecular formula is C20H20N2O4S. The number of rotatable bonds is 3. The van der Waals surface area contributed by atoms with Crippen molar-refractivity contribution >= 4 is 35.0 Å². The number of nitrogens with zero attached hydrogens (tertiary/aromatic N) is 1. The molecule has 2 aromatic rings. The molecule has 0 aromatic heterocycles. The van der Waals surface area contributed by atoms with Crippen molar-refractivity contribution in [3.8, 4) is 11.5 Å². The van der Waals surface area contributed by atoms with Crippen LogP contribution in [0.2, 0.25) is 0 Å². The monoisotopic (exact) mass is 384 g/mol. The van der Waals surface area contributed by atoms with Crippen molar-refractivity contribution in [3.63, 3.8) is 0 Å². The SMILES string of the molecule is CC(Sc1ccc2c(c1)OCCCO2)C(=O)N1CC(=O)Nc2ccccc21. The molecule has 6 nitrogen and oxygen atoms in total. The topological polar surface area (TPSA) is 67.9 Å². The zero-order valence-electron chi connectivity index (χ0n) is 14.9. The first kappa shape index (κ1) is 17.7. The highest BCUT2D eigenvalue weighted by molar-refractivity contribution is 8.00. The molecule has 0 aliphatic carbocycles. The summed E-state index contributed by atoms with van der Waals surface area (Å²) in [5, 5.41) is 2.45. The van der Waals surface area contributed by atoms with E-state index < -0.39 is 0 Å². The Labute approximate surface area is 161 Å². The molecule has 1 atom stereocenters. The van der Waals surface area contributed by atoms with E-state index in [-0.39, 0.29) is 23.6 Å². The number of anilines is 2. The van der Waals surface area contributed by atoms with Gasteiger partial charge in [0.25, 0.3) is 0 Å². The minimum absolute atomic E-state index is 0.0296. The number of carbonyl (C=O) groups is 2. The number of thioether (sulfide) groups is 1. The second-order valence-corrected chi connectivity index (χ2v) is 7.82. The van der Waals surface area contributed by atoms with E-state index in [1.54, 1.807) is 11.0 Å². The summed E-state index contributed by atoms with van der Waals surface area (Å²) >= 11 is 1.44. The van der Waals surface area contributed by atoms with Crippen LogP contribution in [0.25, 0.3) is 0 Å². The third-order valence-corrected chi connectivity index (χ3v) is 5.50. The Balaban J connectivity index is 1.52. The average Bonchev–Trinajstić information content (AvgIpc) is 2.91. The van der Waals surface area contributed by atoms with E-state index in [0.29, 0.717) is 24.7 Å². The van der Waals surface area contributed by atoms with Gasteiger partial charge in [0.2, 0.25) is 11.8 Å². The minimum Gasteiger partial charge on any atom is -0.490 e. The van der Waals surface area contributed by atoms with Crippen molar-refractivity contribution in [2.24, 2.45) is 0 Å². The molecule has 0 fully saturated rings. The Kier molecular flexibility index (Phi) is 4.94. The maximum Gasteiger partial charge on any atom is 0.244 e. The molecule has 0 bridgehead atoms. The Hall–Kier alpha value is -2.67. The summed E-state index contributed by atoms with van der Waals surface area (Å²) in [4.78, 5) is 27.5. The fraction of sp³-hybridized carbons (Fsp3) is 0.300. The molecule has 1 N–H and O–H groups in total. The van der Waals surface area contributed by atoms with Crippen LogP contribution in [0.5, 0.6) is 11.5 Å². The third kappa shape index (κ3) is 3.73. The maximum absolute atomic E-state index is 13.0. The van der Waals surface area contributed by atoms with Gasteiger partial charge in [-0.25, -0.2) is 0 Å². The molecule has 2 aromatic carbocycles. The molecule has 1 unspecified atom stereocenters. The van der Waals surface area contributed by atoms with E-state index >= 15 is 0 Å². The first-order chi connectivity index (χ1) is 13.1. The number of amides is 2. The third-order valence-electron chi connectivity index (χ3n) is 4.42. The number of benzene rings is 2. The van der Waals surface area contributed by atoms with Crippen molar-refractivity contribution in [2.75, 3.05) is 30.0 Å². The molecule has 0 saturated heterocycles. The van der Waals surface area contributed by atoms with E-state index in [1.807, 2.05) is 43.3 Å². The quantitative estimate of drug-likeness (QED) is 0.823. The maximum atomic E-state index is 13.0. The molecule has 140 valence electrons. The van der Waals surface area contributed by atoms with Gasteiger partial charge >= 0.3 is 0 Å². The van der Waals surface area contributed by atoms with E-state index in [2.05, 4.69) is 5.32 Å². The first-order valence-corrected chi connectivity index (χ1v) is 9.76. The molecule has 0 spiro atoms. The summed E-state index contributed by atoms with van der Waals surface area (Å²) in [5.74, 6) is 1.15. The molecule has 0 radical (unpaired) electrons. The molecule has 27 heavy (non-hydrogen) atoms. The van der Waals surface area contributed by atoms with Crippen LogP contribution in [0.1, 0.15) is 13.3 Å². The molecule has 2 heterocycles. The lowest BCUT2D eigenvalue weighted by atomic mass is 10.2. The molecular weight excluding hydrogens is 364 g/mol. The van der Waals surface area contributed by atoms with E-state index in [0.717, 1.165) is 22.8 Å². The van der Waals surface area contributed by atoms with Crippen LogP contribution in [0, 0.1) is 0 Å². The summed E-state index contributed by atoms with van der Waals surface area (Å²) in [6.07, 6.45) is 0.850. The van der Waals surface area contributed by atoms with Gasteiger partial charge in [-0.3, -0.25) is 14.5 Å². The first-order valence-electron chi connectivity index (χ1n) is 8.88. The number of hydrogen-bond acceptors (Lipinski definition) is 5. The van der Waals surface area contributed by atoms with Crippen LogP contribution in [0.15, 0.2) is 47.4 Å². The van der Waals surface area contributed by atoms with Gasteiger partial charge in [-0.15, -0.1) is 11.8 Å². The van der Waals surface area contributed by atoms with Crippen molar-refractivity contribution < 1.29 is 19.1 Å². The zero-order valence-corrected chi connectivity index (χ0v) is 15.8. The molecule has 2 aliphatic rings. The minimum atomic E-state index is -0.353. The van der Waals surface area contributed by atoms with Crippen molar-refractivity contribution in [2.45, 2.75) is 23.5 Å². The van der Waals surface area contributed by atoms with Gasteiger partial charge in [-0.05, 0) is 37.3 Å². The van der Waals surface area contributed by atoms with Gasteiger partial charge in [0.15, 0.2) is 11.5 Å². The highest BCUT2D eigenvalue weighted by atomic mass is 32.2. The summed E-state index contributed by atoms with van der Waals surface area (Å²) in [7, 11) is 0. The summed E-state index contributed by atoms with van der Waals surface area (Å²) < 4.78 is 11.4. The summed E-state index contributed by atoms with van der Waals surface area (Å²) in [6, 6.07) is 13.1. The lowest BCUT2D eigenvalue weighted by molar-refractivity contribution is -0.121. The number of fused-ring (bicyclic) bond motifs is 2. The Morgan fingerprint density at radius 3 is 2.78 bits per heavy atom. The van der Waals surface area contributed by atoms with Crippen LogP contribution < -0.4 is 19.7 Å². The van der Waals surface area contributed by atoms with E-state index in [1.165, 1.54) is 11.8 Å². The van der Waals surface area contributed by atoms with Gasteiger partial charge in [0.1, 0.15) is 6.54 Å². The van der Waals surface area contributed by atoms with Gasteiger partial charge < -0.3 is 14.8 Å². The Morgan fingerprint density at radius 1 is 1.15 bits per heavy atom. The van der Waals surface area contributed by atoms with Gasteiger partial charge in [0.05, 0.1) is 29.8 Å². The van der Waals surface area contributed by atoms with Crippen LogP contribution in [0.3, 0.4) is 0 Å². The number of para-hydroxylation sites is 2. The van der Waals surface area contributed by atoms with E-state index in [4.69, 9.17) is 9.47 Å². The number of carbonyl (C=O) groups excluding carboxylic acids is 2. The number of nitrogens with one attached hydrogen (secondary N) is 1. The molecule has 2 aliphatic heterocycles. The van der Waals surface area contributed by atoms with Crippen LogP contribution in [-0.2, 0) is 9.59 Å². The van der Waals surface area contributed by atoms with Crippen LogP contribution in [0.4, 0.5) is 11.4 Å². The molecule has 2 amide bonds. The van der Waals surface area contributed by atoms with Crippen LogP contribution >= 0.6 is 11.8 Å². The lowest BCUT2D eigenvalue weighted by Gasteiger charge is -2.30. The standard InChI is InChI=1S/C20H20N2O4S/c1-13(27-14-7-8-17-18(11-14)26-10-4-9-25-17)20(24)22-12-19(23)21-15-5-2-3-6-16(15)22/h2-3,5-8,11,13H,4,9-10,12H2,1H3,(H,21,23). The molecule has 0 saturated carbocycles. The predicted octanol–water partition coefficient (Wildman–Crippen LogP) is 3.31. The zero-order chi connectivity index (χ0) is 18.8. The molecule has 4 rings (SSSR count). The normalized spacial score (nSPS) is 16.8. The Morgan fingerprint density at radius 2 is 1.93 bits per heavy atom. The fourth-order valence-electron chi connectivity index (χ4n) is 3.12. The van der Waals surface area contributed by atoms with Crippen molar-refractivity contribution in [1.82, 2.24) is 0 Å². The second-order valence-electron chi connectivity index (χ2n) is 6.41. The van der Waals surface area contributed by atoms with Crippen LogP contribution in [-0.4, -0.2) is 36.8 Å². The second kappa shape index (κ2) is 7.52. The highest BCUT2D eigenvalue weighted by Gasteiger charge is 2.30. The van der Waals surface area contributed by atoms with Gasteiger partial charge in [-0.2, -0.15) is 0 Å². The smallest absolute Gasteiger partial charge is 0.244 e. The predicted molar refractivity (Wildman–Crippen MR) is 105 cm³/mol. The lowest BCUT2D eigenvalue weighted by Crippen LogP contribution is -2.45. The summed E-state index contributed by atoms with van der Waals surface area (Å²) in [6.45, 7) is 3.15. The Bertz CT molecular complexity index is 886. The van der Waals surface area contributed by atoms with Gasteiger partial charge in [0, 0.05) is 11.3 Å². The fourth-order valence-corrected chi connectivity index (χ4v) is 4.08. The summed E-state index contributed by atoms with van der Waals surface area (Å²) in [5.41, 5.74) is 1.39. The van der Waals surface area contributed by atoms with Crippen molar-refractivity contribution in [3.05, 3.63) is 42.5 Å². The largest absolute Gasteiger partial charge is 0.490 e.